The molecule has 2 aliphatic rings. The summed E-state index contributed by atoms with van der Waals surface area (Å²) in [5.74, 6) is -5.39. The van der Waals surface area contributed by atoms with Crippen LogP contribution in [0.25, 0.3) is 0 Å². The molecule has 2 amide bonds. The molecular weight excluding hydrogens is 492 g/mol. The third kappa shape index (κ3) is 5.32. The Morgan fingerprint density at radius 3 is 2.57 bits per heavy atom. The fourth-order valence-electron chi connectivity index (χ4n) is 4.89. The Bertz CT molecular complexity index is 1270. The molecule has 1 aromatic carbocycles. The number of H-pyrrole nitrogens is 1. The topological polar surface area (TPSA) is 104 Å². The zero-order chi connectivity index (χ0) is 26.2. The lowest BCUT2D eigenvalue weighted by molar-refractivity contribution is -0.138. The maximum atomic E-state index is 14.9. The van der Waals surface area contributed by atoms with E-state index in [1.165, 1.54) is 23.2 Å². The van der Waals surface area contributed by atoms with E-state index in [-0.39, 0.29) is 30.6 Å². The predicted molar refractivity (Wildman–Crippen MR) is 123 cm³/mol. The van der Waals surface area contributed by atoms with Crippen molar-refractivity contribution in [3.05, 3.63) is 77.1 Å². The van der Waals surface area contributed by atoms with E-state index in [9.17, 15) is 27.2 Å². The number of pyridine rings is 1. The number of carbonyl (C=O) groups is 2. The van der Waals surface area contributed by atoms with Gasteiger partial charge in [-0.3, -0.25) is 9.59 Å². The monoisotopic (exact) mass is 516 g/mol. The van der Waals surface area contributed by atoms with Gasteiger partial charge in [-0.1, -0.05) is 36.4 Å². The maximum absolute atomic E-state index is 14.9. The minimum absolute atomic E-state index is 0.105. The predicted octanol–water partition coefficient (Wildman–Crippen LogP) is 3.24. The average Bonchev–Trinajstić information content (AvgIpc) is 3.51. The lowest BCUT2D eigenvalue weighted by Gasteiger charge is -2.35. The molecule has 194 valence electrons. The molecule has 1 aliphatic heterocycles. The smallest absolute Gasteiger partial charge is 0.249 e. The van der Waals surface area contributed by atoms with Gasteiger partial charge < -0.3 is 10.2 Å². The molecule has 1 saturated heterocycles. The van der Waals surface area contributed by atoms with Gasteiger partial charge in [0.1, 0.15) is 12.2 Å². The summed E-state index contributed by atoms with van der Waals surface area (Å²) in [6, 6.07) is 9.58. The summed E-state index contributed by atoms with van der Waals surface area (Å²) < 4.78 is 55.8. The van der Waals surface area contributed by atoms with Crippen molar-refractivity contribution in [1.82, 2.24) is 30.6 Å². The Hall–Kier alpha value is -3.83. The lowest BCUT2D eigenvalue weighted by atomic mass is 9.77. The van der Waals surface area contributed by atoms with Crippen LogP contribution in [0, 0.1) is 5.95 Å². The quantitative estimate of drug-likeness (QED) is 0.371. The number of likely N-dealkylation sites (tertiary alicyclic amines) is 1. The number of nitrogens with zero attached hydrogens (tertiary/aromatic N) is 4. The number of alkyl halides is 3. The van der Waals surface area contributed by atoms with Gasteiger partial charge in [0, 0.05) is 24.8 Å². The van der Waals surface area contributed by atoms with Crippen molar-refractivity contribution < 1.29 is 27.2 Å². The normalized spacial score (nSPS) is 21.9. The Morgan fingerprint density at radius 2 is 1.92 bits per heavy atom. The summed E-state index contributed by atoms with van der Waals surface area (Å²) in [4.78, 5) is 31.3. The number of rotatable bonds is 7. The molecule has 0 radical (unpaired) electrons. The molecule has 5 rings (SSSR count). The first-order chi connectivity index (χ1) is 17.7. The lowest BCUT2D eigenvalue weighted by Crippen LogP contribution is -2.47. The number of aromatic nitrogens is 4. The van der Waals surface area contributed by atoms with E-state index in [2.05, 4.69) is 25.7 Å². The number of nitrogens with one attached hydrogen (secondary N) is 2. The second kappa shape index (κ2) is 9.91. The highest BCUT2D eigenvalue weighted by Crippen LogP contribution is 2.48. The van der Waals surface area contributed by atoms with Crippen LogP contribution in [0.15, 0.2) is 48.7 Å². The highest BCUT2D eigenvalue weighted by atomic mass is 19.3. The fourth-order valence-corrected chi connectivity index (χ4v) is 4.89. The number of halogens is 4. The van der Waals surface area contributed by atoms with Crippen LogP contribution < -0.4 is 5.32 Å². The third-order valence-corrected chi connectivity index (χ3v) is 6.81. The third-order valence-electron chi connectivity index (χ3n) is 6.81. The molecule has 3 aromatic rings. The Balaban J connectivity index is 1.37. The van der Waals surface area contributed by atoms with E-state index in [0.29, 0.717) is 11.3 Å². The molecule has 0 spiro atoms. The van der Waals surface area contributed by atoms with Crippen molar-refractivity contribution in [3.8, 4) is 0 Å². The summed E-state index contributed by atoms with van der Waals surface area (Å²) in [7, 11) is 0. The minimum Gasteiger partial charge on any atom is -0.342 e. The number of hydrogen-bond donors (Lipinski definition) is 2. The van der Waals surface area contributed by atoms with Crippen LogP contribution >= 0.6 is 0 Å². The van der Waals surface area contributed by atoms with E-state index < -0.39 is 60.7 Å². The maximum Gasteiger partial charge on any atom is 0.249 e. The van der Waals surface area contributed by atoms with Crippen molar-refractivity contribution in [2.75, 3.05) is 6.54 Å². The molecule has 3 atom stereocenters. The van der Waals surface area contributed by atoms with Crippen molar-refractivity contribution in [3.63, 3.8) is 0 Å². The van der Waals surface area contributed by atoms with E-state index in [0.717, 1.165) is 0 Å². The van der Waals surface area contributed by atoms with Gasteiger partial charge in [-0.15, -0.1) is 0 Å². The van der Waals surface area contributed by atoms with E-state index in [1.807, 2.05) is 0 Å². The summed E-state index contributed by atoms with van der Waals surface area (Å²) in [6.07, 6.45) is -1.22. The molecular formula is C25H24F4N6O2. The molecule has 1 saturated carbocycles. The molecule has 12 heteroatoms. The Morgan fingerprint density at radius 1 is 1.16 bits per heavy atom. The van der Waals surface area contributed by atoms with Gasteiger partial charge in [-0.2, -0.15) is 19.8 Å². The molecule has 37 heavy (non-hydrogen) atoms. The molecule has 3 unspecified atom stereocenters. The number of amides is 2. The fraction of sp³-hybridized carbons (Fsp3) is 0.400. The summed E-state index contributed by atoms with van der Waals surface area (Å²) >= 11 is 0. The first-order valence-corrected chi connectivity index (χ1v) is 11.9. The number of carbonyl (C=O) groups excluding carboxylic acids is 2. The highest BCUT2D eigenvalue weighted by molar-refractivity contribution is 5.89. The summed E-state index contributed by atoms with van der Waals surface area (Å²) in [5, 5.41) is 12.7. The van der Waals surface area contributed by atoms with Gasteiger partial charge >= 0.3 is 0 Å². The zero-order valence-electron chi connectivity index (χ0n) is 19.6. The van der Waals surface area contributed by atoms with Gasteiger partial charge in [0.2, 0.25) is 23.7 Å². The molecule has 2 N–H and O–H groups in total. The van der Waals surface area contributed by atoms with Crippen molar-refractivity contribution in [1.29, 1.82) is 0 Å². The van der Waals surface area contributed by atoms with E-state index in [1.54, 1.807) is 30.3 Å². The van der Waals surface area contributed by atoms with Gasteiger partial charge in [-0.05, 0) is 17.5 Å². The van der Waals surface area contributed by atoms with Crippen LogP contribution in [-0.4, -0.2) is 61.8 Å². The Kier molecular flexibility index (Phi) is 6.65. The minimum atomic E-state index is -2.80. The van der Waals surface area contributed by atoms with Crippen LogP contribution in [0.2, 0.25) is 0 Å². The number of aromatic amines is 1. The highest BCUT2D eigenvalue weighted by Gasteiger charge is 2.47. The first-order valence-electron chi connectivity index (χ1n) is 11.9. The molecule has 2 fully saturated rings. The standard InChI is InChI=1S/C25H24F4N6O2/c26-16-8-20(35(13-16)21(36)9-17-12-30-34-33-17)24(37)32-22(14-4-2-1-3-5-14)19-7-6-18(23(27)31-19)15-10-25(28,29)11-15/h1-7,12,15-16,20,22H,8-11,13H2,(H,32,37)(H,30,33,34). The van der Waals surface area contributed by atoms with Crippen molar-refractivity contribution in [2.24, 2.45) is 0 Å². The second-order valence-electron chi connectivity index (χ2n) is 9.46. The zero-order valence-corrected chi connectivity index (χ0v) is 19.6. The second-order valence-corrected chi connectivity index (χ2v) is 9.46. The summed E-state index contributed by atoms with van der Waals surface area (Å²) in [6.45, 7) is -0.238. The van der Waals surface area contributed by atoms with Crippen LogP contribution in [0.3, 0.4) is 0 Å². The average molecular weight is 516 g/mol. The molecule has 1 aliphatic carbocycles. The molecule has 0 bridgehead atoms. The number of hydrogen-bond acceptors (Lipinski definition) is 5. The SMILES string of the molecule is O=C(NC(c1ccccc1)c1ccc(C2CC(F)(F)C2)c(F)n1)C1CC(F)CN1C(=O)Cc1cn[nH]n1. The van der Waals surface area contributed by atoms with Crippen molar-refractivity contribution >= 4 is 11.8 Å². The Labute approximate surface area is 209 Å². The molecule has 3 heterocycles. The van der Waals surface area contributed by atoms with Crippen LogP contribution in [0.1, 0.15) is 53.7 Å². The van der Waals surface area contributed by atoms with Gasteiger partial charge in [0.25, 0.3) is 0 Å². The van der Waals surface area contributed by atoms with Crippen LogP contribution in [0.5, 0.6) is 0 Å². The van der Waals surface area contributed by atoms with Crippen LogP contribution in [0.4, 0.5) is 17.6 Å². The van der Waals surface area contributed by atoms with Crippen molar-refractivity contribution in [2.45, 2.75) is 55.8 Å². The first kappa shape index (κ1) is 24.8. The van der Waals surface area contributed by atoms with Crippen LogP contribution in [-0.2, 0) is 16.0 Å². The molecule has 2 aromatic heterocycles. The molecule has 8 nitrogen and oxygen atoms in total. The summed E-state index contributed by atoms with van der Waals surface area (Å²) in [5.41, 5.74) is 1.20. The largest absolute Gasteiger partial charge is 0.342 e. The van der Waals surface area contributed by atoms with Gasteiger partial charge in [0.15, 0.2) is 0 Å². The van der Waals surface area contributed by atoms with Gasteiger partial charge in [-0.25, -0.2) is 18.2 Å². The number of benzene rings is 1. The van der Waals surface area contributed by atoms with E-state index >= 15 is 0 Å². The van der Waals surface area contributed by atoms with Gasteiger partial charge in [0.05, 0.1) is 36.6 Å². The van der Waals surface area contributed by atoms with E-state index in [4.69, 9.17) is 0 Å².